The fourth-order valence-corrected chi connectivity index (χ4v) is 1.93. The Labute approximate surface area is 69.5 Å². The highest BCUT2D eigenvalue weighted by atomic mass is 15.0. The number of nitrogens with one attached hydrogen (secondary N) is 1. The maximum absolute atomic E-state index is 5.42. The van der Waals surface area contributed by atoms with E-state index in [-0.39, 0.29) is 0 Å². The van der Waals surface area contributed by atoms with Crippen molar-refractivity contribution in [3.63, 3.8) is 0 Å². The van der Waals surface area contributed by atoms with Crippen LogP contribution in [-0.2, 0) is 0 Å². The first-order valence-corrected chi connectivity index (χ1v) is 4.38. The number of hydrogen-bond acceptors (Lipinski definition) is 2. The molecule has 0 amide bonds. The number of hydrogen-bond donors (Lipinski definition) is 2. The van der Waals surface area contributed by atoms with Crippen molar-refractivity contribution in [2.75, 3.05) is 13.1 Å². The summed E-state index contributed by atoms with van der Waals surface area (Å²) in [5, 5.41) is 3.46. The van der Waals surface area contributed by atoms with Crippen molar-refractivity contribution < 1.29 is 0 Å². The molecule has 66 valence electrons. The Hall–Kier alpha value is -0.0800. The van der Waals surface area contributed by atoms with E-state index in [9.17, 15) is 0 Å². The Morgan fingerprint density at radius 3 is 1.91 bits per heavy atom. The summed E-state index contributed by atoms with van der Waals surface area (Å²) < 4.78 is 0. The fraction of sp³-hybridized carbons (Fsp3) is 1.00. The van der Waals surface area contributed by atoms with Crippen LogP contribution in [0.25, 0.3) is 0 Å². The molecule has 2 nitrogen and oxygen atoms in total. The van der Waals surface area contributed by atoms with Gasteiger partial charge in [0.25, 0.3) is 0 Å². The van der Waals surface area contributed by atoms with Crippen molar-refractivity contribution in [1.29, 1.82) is 0 Å². The quantitative estimate of drug-likeness (QED) is 0.639. The van der Waals surface area contributed by atoms with Gasteiger partial charge in [-0.3, -0.25) is 0 Å². The van der Waals surface area contributed by atoms with E-state index in [4.69, 9.17) is 5.73 Å². The monoisotopic (exact) mass is 156 g/mol. The lowest BCUT2D eigenvalue weighted by Gasteiger charge is -2.03. The van der Waals surface area contributed by atoms with Crippen LogP contribution >= 0.6 is 0 Å². The number of nitrogens with two attached hydrogens (primary N) is 1. The first-order valence-electron chi connectivity index (χ1n) is 4.38. The second kappa shape index (κ2) is 2.46. The van der Waals surface area contributed by atoms with Crippen molar-refractivity contribution in [2.24, 2.45) is 16.6 Å². The molecule has 0 heterocycles. The summed E-state index contributed by atoms with van der Waals surface area (Å²) in [6.07, 6.45) is 0. The predicted octanol–water partition coefficient (Wildman–Crippen LogP) is 0.969. The van der Waals surface area contributed by atoms with Gasteiger partial charge in [-0.25, -0.2) is 0 Å². The molecule has 2 heteroatoms. The minimum Gasteiger partial charge on any atom is -0.329 e. The summed E-state index contributed by atoms with van der Waals surface area (Å²) in [7, 11) is 0. The van der Waals surface area contributed by atoms with Crippen LogP contribution in [0.15, 0.2) is 0 Å². The van der Waals surface area contributed by atoms with E-state index < -0.39 is 0 Å². The third-order valence-corrected chi connectivity index (χ3v) is 3.51. The molecule has 1 saturated carbocycles. The van der Waals surface area contributed by atoms with E-state index in [1.807, 2.05) is 0 Å². The highest BCUT2D eigenvalue weighted by Gasteiger charge is 2.64. The lowest BCUT2D eigenvalue weighted by atomic mass is 10.0. The maximum atomic E-state index is 5.42. The van der Waals surface area contributed by atoms with Gasteiger partial charge in [-0.2, -0.15) is 0 Å². The van der Waals surface area contributed by atoms with Crippen LogP contribution in [0, 0.1) is 10.8 Å². The SMILES string of the molecule is CC1(C)C(NCCN)C1(C)C. The third kappa shape index (κ3) is 1.18. The molecule has 0 aromatic carbocycles. The molecule has 1 rings (SSSR count). The summed E-state index contributed by atoms with van der Waals surface area (Å²) in [5.41, 5.74) is 6.31. The Balaban J connectivity index is 2.41. The van der Waals surface area contributed by atoms with E-state index in [2.05, 4.69) is 33.0 Å². The molecule has 0 aromatic rings. The van der Waals surface area contributed by atoms with Crippen molar-refractivity contribution in [2.45, 2.75) is 33.7 Å². The van der Waals surface area contributed by atoms with Crippen molar-refractivity contribution >= 4 is 0 Å². The van der Waals surface area contributed by atoms with Crippen LogP contribution in [0.3, 0.4) is 0 Å². The zero-order valence-corrected chi connectivity index (χ0v) is 8.07. The minimum atomic E-state index is 0.447. The lowest BCUT2D eigenvalue weighted by Crippen LogP contribution is -2.28. The first-order chi connectivity index (χ1) is 4.94. The molecular formula is C9H20N2. The van der Waals surface area contributed by atoms with E-state index in [0.29, 0.717) is 16.9 Å². The molecule has 0 bridgehead atoms. The molecule has 0 radical (unpaired) electrons. The molecule has 1 aliphatic carbocycles. The molecule has 0 aliphatic heterocycles. The summed E-state index contributed by atoms with van der Waals surface area (Å²) >= 11 is 0. The highest BCUT2D eigenvalue weighted by Crippen LogP contribution is 2.62. The molecule has 1 aliphatic rings. The molecule has 0 saturated heterocycles. The van der Waals surface area contributed by atoms with E-state index in [1.54, 1.807) is 0 Å². The van der Waals surface area contributed by atoms with E-state index in [1.165, 1.54) is 0 Å². The zero-order valence-electron chi connectivity index (χ0n) is 8.07. The molecule has 11 heavy (non-hydrogen) atoms. The van der Waals surface area contributed by atoms with Gasteiger partial charge in [0.1, 0.15) is 0 Å². The topological polar surface area (TPSA) is 38.0 Å². The van der Waals surface area contributed by atoms with Crippen LogP contribution in [0.5, 0.6) is 0 Å². The Bertz CT molecular complexity index is 136. The van der Waals surface area contributed by atoms with Gasteiger partial charge in [0.15, 0.2) is 0 Å². The third-order valence-electron chi connectivity index (χ3n) is 3.51. The smallest absolute Gasteiger partial charge is 0.0181 e. The van der Waals surface area contributed by atoms with Gasteiger partial charge < -0.3 is 11.1 Å². The summed E-state index contributed by atoms with van der Waals surface area (Å²) in [4.78, 5) is 0. The summed E-state index contributed by atoms with van der Waals surface area (Å²) in [6, 6.07) is 0.651. The maximum Gasteiger partial charge on any atom is 0.0181 e. The standard InChI is InChI=1S/C9H20N2/c1-8(2)7(9(8,3)4)11-6-5-10/h7,11H,5-6,10H2,1-4H3. The van der Waals surface area contributed by atoms with Crippen molar-refractivity contribution in [3.05, 3.63) is 0 Å². The molecular weight excluding hydrogens is 136 g/mol. The second-order valence-corrected chi connectivity index (χ2v) is 4.62. The van der Waals surface area contributed by atoms with Crippen LogP contribution < -0.4 is 11.1 Å². The summed E-state index contributed by atoms with van der Waals surface area (Å²) in [6.45, 7) is 10.9. The van der Waals surface area contributed by atoms with Crippen LogP contribution in [-0.4, -0.2) is 19.1 Å². The molecule has 1 fully saturated rings. The van der Waals surface area contributed by atoms with Gasteiger partial charge in [0.2, 0.25) is 0 Å². The van der Waals surface area contributed by atoms with Gasteiger partial charge >= 0.3 is 0 Å². The second-order valence-electron chi connectivity index (χ2n) is 4.62. The lowest BCUT2D eigenvalue weighted by molar-refractivity contribution is 0.457. The Morgan fingerprint density at radius 2 is 1.64 bits per heavy atom. The largest absolute Gasteiger partial charge is 0.329 e. The van der Waals surface area contributed by atoms with Gasteiger partial charge in [-0.05, 0) is 10.8 Å². The molecule has 0 aromatic heterocycles. The average Bonchev–Trinajstić information content (AvgIpc) is 2.23. The highest BCUT2D eigenvalue weighted by molar-refractivity contribution is 5.17. The van der Waals surface area contributed by atoms with Gasteiger partial charge in [0, 0.05) is 19.1 Å². The van der Waals surface area contributed by atoms with Crippen molar-refractivity contribution in [1.82, 2.24) is 5.32 Å². The molecule has 0 spiro atoms. The van der Waals surface area contributed by atoms with Gasteiger partial charge in [-0.15, -0.1) is 0 Å². The van der Waals surface area contributed by atoms with Crippen LogP contribution in [0.2, 0.25) is 0 Å². The molecule has 0 atom stereocenters. The van der Waals surface area contributed by atoms with Gasteiger partial charge in [0.05, 0.1) is 0 Å². The predicted molar refractivity (Wildman–Crippen MR) is 48.4 cm³/mol. The van der Waals surface area contributed by atoms with Crippen molar-refractivity contribution in [3.8, 4) is 0 Å². The minimum absolute atomic E-state index is 0.447. The first kappa shape index (κ1) is 9.01. The average molecular weight is 156 g/mol. The van der Waals surface area contributed by atoms with E-state index in [0.717, 1.165) is 13.1 Å². The van der Waals surface area contributed by atoms with E-state index >= 15 is 0 Å². The number of rotatable bonds is 3. The Kier molecular flexibility index (Phi) is 2.01. The fourth-order valence-electron chi connectivity index (χ4n) is 1.93. The zero-order chi connectivity index (χ0) is 8.70. The molecule has 3 N–H and O–H groups in total. The van der Waals surface area contributed by atoms with Crippen LogP contribution in [0.4, 0.5) is 0 Å². The normalized spacial score (nSPS) is 27.0. The molecule has 0 unspecified atom stereocenters. The van der Waals surface area contributed by atoms with Crippen LogP contribution in [0.1, 0.15) is 27.7 Å². The van der Waals surface area contributed by atoms with Gasteiger partial charge in [-0.1, -0.05) is 27.7 Å². The summed E-state index contributed by atoms with van der Waals surface area (Å²) in [5.74, 6) is 0. The Morgan fingerprint density at radius 1 is 1.18 bits per heavy atom.